The molecule has 1 N–H and O–H groups in total. The number of benzene rings is 1. The number of amides is 3. The van der Waals surface area contributed by atoms with Crippen molar-refractivity contribution in [2.45, 2.75) is 18.1 Å². The third-order valence-corrected chi connectivity index (χ3v) is 7.96. The molecule has 0 aliphatic carbocycles. The van der Waals surface area contributed by atoms with Crippen molar-refractivity contribution in [2.24, 2.45) is 5.92 Å². The van der Waals surface area contributed by atoms with Crippen molar-refractivity contribution in [1.82, 2.24) is 14.1 Å². The Morgan fingerprint density at radius 3 is 2.66 bits per heavy atom. The Morgan fingerprint density at radius 1 is 1.24 bits per heavy atom. The lowest BCUT2D eigenvalue weighted by molar-refractivity contribution is -0.128. The first-order valence-electron chi connectivity index (χ1n) is 9.61. The number of likely N-dealkylation sites (tertiary alicyclic amines) is 1. The zero-order valence-corrected chi connectivity index (χ0v) is 17.8. The van der Waals surface area contributed by atoms with Gasteiger partial charge in [0.15, 0.2) is 0 Å². The van der Waals surface area contributed by atoms with Crippen molar-refractivity contribution in [3.05, 3.63) is 24.3 Å². The molecule has 9 nitrogen and oxygen atoms in total. The number of urea groups is 1. The minimum atomic E-state index is -3.55. The summed E-state index contributed by atoms with van der Waals surface area (Å²) >= 11 is 0. The second kappa shape index (κ2) is 8.58. The van der Waals surface area contributed by atoms with Crippen LogP contribution in [0.4, 0.5) is 10.5 Å². The first-order valence-corrected chi connectivity index (χ1v) is 11.1. The molecule has 2 fully saturated rings. The Kier molecular flexibility index (Phi) is 6.33. The topological polar surface area (TPSA) is 99.3 Å². The highest BCUT2D eigenvalue weighted by atomic mass is 32.2. The van der Waals surface area contributed by atoms with Crippen LogP contribution in [0.25, 0.3) is 0 Å². The average Bonchev–Trinajstić information content (AvgIpc) is 2.82. The predicted octanol–water partition coefficient (Wildman–Crippen LogP) is 1.04. The van der Waals surface area contributed by atoms with E-state index in [0.29, 0.717) is 43.9 Å². The van der Waals surface area contributed by atoms with Crippen LogP contribution in [0, 0.1) is 5.92 Å². The first kappa shape index (κ1) is 21.4. The number of ether oxygens (including phenoxy) is 1. The molecule has 0 radical (unpaired) electrons. The number of nitrogens with one attached hydrogen (secondary N) is 1. The minimum absolute atomic E-state index is 0.0791. The van der Waals surface area contributed by atoms with E-state index < -0.39 is 15.3 Å². The maximum atomic E-state index is 12.9. The molecule has 2 heterocycles. The van der Waals surface area contributed by atoms with E-state index in [4.69, 9.17) is 4.74 Å². The fourth-order valence-corrected chi connectivity index (χ4v) is 6.03. The quantitative estimate of drug-likeness (QED) is 0.779. The second-order valence-corrected chi connectivity index (χ2v) is 9.80. The summed E-state index contributed by atoms with van der Waals surface area (Å²) in [7, 11) is 1.24. The fraction of sp³-hybridized carbons (Fsp3) is 0.579. The minimum Gasteiger partial charge on any atom is -0.497 e. The summed E-state index contributed by atoms with van der Waals surface area (Å²) < 4.78 is 32.3. The van der Waals surface area contributed by atoms with Gasteiger partial charge in [0, 0.05) is 45.5 Å². The number of sulfonamides is 1. The number of methoxy groups -OCH3 is 1. The van der Waals surface area contributed by atoms with Gasteiger partial charge in [0.25, 0.3) is 0 Å². The molecule has 2 aliphatic rings. The number of rotatable bonds is 4. The third kappa shape index (κ3) is 4.64. The molecule has 29 heavy (non-hydrogen) atoms. The molecule has 1 aromatic rings. The van der Waals surface area contributed by atoms with E-state index in [1.54, 1.807) is 50.4 Å². The van der Waals surface area contributed by atoms with Gasteiger partial charge in [-0.2, -0.15) is 4.31 Å². The van der Waals surface area contributed by atoms with Gasteiger partial charge in [0.05, 0.1) is 18.9 Å². The standard InChI is InChI=1S/C19H28N4O5S/c1-21(2)18(24)13-23-12-14-7-9-22(10-8-17(14)29(23,26)27)19(25)20-15-5-4-6-16(11-15)28-3/h4-6,11,14,17H,7-10,12-13H2,1-3H3,(H,20,25)/t14-,17-/m1/s1. The van der Waals surface area contributed by atoms with Crippen molar-refractivity contribution >= 4 is 27.6 Å². The maximum Gasteiger partial charge on any atom is 0.321 e. The smallest absolute Gasteiger partial charge is 0.321 e. The van der Waals surface area contributed by atoms with Crippen molar-refractivity contribution < 1.29 is 22.7 Å². The highest BCUT2D eigenvalue weighted by Gasteiger charge is 2.47. The summed E-state index contributed by atoms with van der Waals surface area (Å²) in [4.78, 5) is 27.7. The summed E-state index contributed by atoms with van der Waals surface area (Å²) in [6.07, 6.45) is 0.952. The maximum absolute atomic E-state index is 12.9. The Labute approximate surface area is 171 Å². The number of likely N-dealkylation sites (N-methyl/N-ethyl adjacent to an activating group) is 1. The van der Waals surface area contributed by atoms with E-state index >= 15 is 0 Å². The van der Waals surface area contributed by atoms with E-state index in [1.807, 2.05) is 0 Å². The average molecular weight is 425 g/mol. The van der Waals surface area contributed by atoms with E-state index in [1.165, 1.54) is 9.21 Å². The van der Waals surface area contributed by atoms with Crippen LogP contribution in [0.2, 0.25) is 0 Å². The van der Waals surface area contributed by atoms with Gasteiger partial charge in [-0.25, -0.2) is 13.2 Å². The van der Waals surface area contributed by atoms with Gasteiger partial charge in [-0.1, -0.05) is 6.07 Å². The summed E-state index contributed by atoms with van der Waals surface area (Å²) in [5, 5.41) is 2.30. The normalized spacial score (nSPS) is 23.8. The van der Waals surface area contributed by atoms with E-state index in [9.17, 15) is 18.0 Å². The van der Waals surface area contributed by atoms with Gasteiger partial charge >= 0.3 is 6.03 Å². The van der Waals surface area contributed by atoms with E-state index in [0.717, 1.165) is 0 Å². The van der Waals surface area contributed by atoms with Crippen LogP contribution in [0.3, 0.4) is 0 Å². The molecular formula is C19H28N4O5S. The van der Waals surface area contributed by atoms with Crippen LogP contribution in [-0.2, 0) is 14.8 Å². The third-order valence-electron chi connectivity index (χ3n) is 5.58. The Morgan fingerprint density at radius 2 is 1.97 bits per heavy atom. The lowest BCUT2D eigenvalue weighted by Gasteiger charge is -2.23. The summed E-state index contributed by atoms with van der Waals surface area (Å²) in [5.41, 5.74) is 0.625. The summed E-state index contributed by atoms with van der Waals surface area (Å²) in [6, 6.07) is 6.83. The highest BCUT2D eigenvalue weighted by molar-refractivity contribution is 7.90. The van der Waals surface area contributed by atoms with Crippen LogP contribution in [0.1, 0.15) is 12.8 Å². The van der Waals surface area contributed by atoms with Crippen LogP contribution in [0.5, 0.6) is 5.75 Å². The number of hydrogen-bond donors (Lipinski definition) is 1. The van der Waals surface area contributed by atoms with Crippen molar-refractivity contribution in [1.29, 1.82) is 0 Å². The Bertz CT molecular complexity index is 873. The molecule has 160 valence electrons. The lowest BCUT2D eigenvalue weighted by atomic mass is 10.0. The number of hydrogen-bond acceptors (Lipinski definition) is 5. The number of nitrogens with zero attached hydrogens (tertiary/aromatic N) is 3. The number of fused-ring (bicyclic) bond motifs is 1. The molecule has 0 unspecified atom stereocenters. The van der Waals surface area contributed by atoms with Crippen LogP contribution in [0.15, 0.2) is 24.3 Å². The van der Waals surface area contributed by atoms with Crippen molar-refractivity contribution in [2.75, 3.05) is 52.7 Å². The molecule has 2 atom stereocenters. The molecule has 1 aromatic carbocycles. The SMILES string of the molecule is COc1cccc(NC(=O)N2CC[C@@H]3CN(CC(=O)N(C)C)S(=O)(=O)[C@@H]3CC2)c1. The van der Waals surface area contributed by atoms with Gasteiger partial charge in [0.2, 0.25) is 15.9 Å². The van der Waals surface area contributed by atoms with E-state index in [-0.39, 0.29) is 24.4 Å². The lowest BCUT2D eigenvalue weighted by Crippen LogP contribution is -2.40. The molecule has 0 saturated carbocycles. The van der Waals surface area contributed by atoms with Gasteiger partial charge in [-0.05, 0) is 30.9 Å². The molecular weight excluding hydrogens is 396 g/mol. The van der Waals surface area contributed by atoms with Crippen molar-refractivity contribution in [3.63, 3.8) is 0 Å². The molecule has 0 spiro atoms. The number of carbonyl (C=O) groups is 2. The van der Waals surface area contributed by atoms with Gasteiger partial charge < -0.3 is 19.9 Å². The van der Waals surface area contributed by atoms with Crippen LogP contribution in [-0.4, -0.2) is 87.1 Å². The largest absolute Gasteiger partial charge is 0.497 e. The van der Waals surface area contributed by atoms with Gasteiger partial charge in [-0.3, -0.25) is 4.79 Å². The molecule has 10 heteroatoms. The number of anilines is 1. The summed E-state index contributed by atoms with van der Waals surface area (Å²) in [6.45, 7) is 1.04. The molecule has 2 aliphatic heterocycles. The van der Waals surface area contributed by atoms with Gasteiger partial charge in [-0.15, -0.1) is 0 Å². The van der Waals surface area contributed by atoms with E-state index in [2.05, 4.69) is 5.32 Å². The monoisotopic (exact) mass is 424 g/mol. The van der Waals surface area contributed by atoms with Crippen LogP contribution >= 0.6 is 0 Å². The first-order chi connectivity index (χ1) is 13.7. The number of carbonyl (C=O) groups excluding carboxylic acids is 2. The molecule has 0 aromatic heterocycles. The van der Waals surface area contributed by atoms with Gasteiger partial charge in [0.1, 0.15) is 5.75 Å². The summed E-state index contributed by atoms with van der Waals surface area (Å²) in [5.74, 6) is 0.334. The molecule has 2 saturated heterocycles. The van der Waals surface area contributed by atoms with Crippen LogP contribution < -0.4 is 10.1 Å². The second-order valence-electron chi connectivity index (χ2n) is 7.65. The zero-order valence-electron chi connectivity index (χ0n) is 17.0. The molecule has 3 rings (SSSR count). The molecule has 0 bridgehead atoms. The fourth-order valence-electron chi connectivity index (χ4n) is 3.85. The Balaban J connectivity index is 1.63. The van der Waals surface area contributed by atoms with Crippen molar-refractivity contribution in [3.8, 4) is 5.75 Å². The predicted molar refractivity (Wildman–Crippen MR) is 109 cm³/mol. The highest BCUT2D eigenvalue weighted by Crippen LogP contribution is 2.34. The molecule has 3 amide bonds. The zero-order chi connectivity index (χ0) is 21.2. The Hall–Kier alpha value is -2.33.